The number of rotatable bonds is 6. The van der Waals surface area contributed by atoms with Crippen molar-refractivity contribution in [3.8, 4) is 11.1 Å². The van der Waals surface area contributed by atoms with E-state index in [1.54, 1.807) is 7.11 Å². The topological polar surface area (TPSA) is 21.3 Å². The molecule has 1 unspecified atom stereocenters. The van der Waals surface area contributed by atoms with Crippen LogP contribution in [0.5, 0.6) is 0 Å². The number of hydrogen-bond donors (Lipinski definition) is 1. The summed E-state index contributed by atoms with van der Waals surface area (Å²) in [5, 5.41) is 3.43. The molecule has 0 aliphatic heterocycles. The van der Waals surface area contributed by atoms with Gasteiger partial charge in [-0.1, -0.05) is 49.4 Å². The average molecular weight is 255 g/mol. The summed E-state index contributed by atoms with van der Waals surface area (Å²) in [6.07, 6.45) is 0. The number of hydrogen-bond acceptors (Lipinski definition) is 2. The van der Waals surface area contributed by atoms with Crippen LogP contribution in [0.1, 0.15) is 6.92 Å². The van der Waals surface area contributed by atoms with Crippen LogP contribution >= 0.6 is 0 Å². The van der Waals surface area contributed by atoms with Crippen LogP contribution in [0.3, 0.4) is 0 Å². The van der Waals surface area contributed by atoms with E-state index in [0.29, 0.717) is 5.92 Å². The van der Waals surface area contributed by atoms with Gasteiger partial charge in [-0.25, -0.2) is 0 Å². The molecule has 2 aromatic carbocycles. The van der Waals surface area contributed by atoms with Gasteiger partial charge in [-0.2, -0.15) is 0 Å². The van der Waals surface area contributed by atoms with Crippen LogP contribution in [0.25, 0.3) is 11.1 Å². The van der Waals surface area contributed by atoms with Crippen LogP contribution in [-0.4, -0.2) is 20.3 Å². The molecule has 0 spiro atoms. The molecule has 19 heavy (non-hydrogen) atoms. The van der Waals surface area contributed by atoms with E-state index in [1.165, 1.54) is 11.1 Å². The Hall–Kier alpha value is -1.80. The van der Waals surface area contributed by atoms with E-state index < -0.39 is 0 Å². The normalized spacial score (nSPS) is 12.1. The van der Waals surface area contributed by atoms with Crippen molar-refractivity contribution in [2.24, 2.45) is 5.92 Å². The van der Waals surface area contributed by atoms with Gasteiger partial charge in [0.25, 0.3) is 0 Å². The van der Waals surface area contributed by atoms with Crippen molar-refractivity contribution in [2.45, 2.75) is 6.92 Å². The summed E-state index contributed by atoms with van der Waals surface area (Å²) in [5.74, 6) is 0.513. The molecule has 0 radical (unpaired) electrons. The molecule has 0 heterocycles. The summed E-state index contributed by atoms with van der Waals surface area (Å²) in [6, 6.07) is 19.0. The highest BCUT2D eigenvalue weighted by molar-refractivity contribution is 5.65. The van der Waals surface area contributed by atoms with Crippen molar-refractivity contribution >= 4 is 5.69 Å². The Balaban J connectivity index is 1.95. The van der Waals surface area contributed by atoms with Crippen molar-refractivity contribution in [1.82, 2.24) is 0 Å². The zero-order valence-corrected chi connectivity index (χ0v) is 11.6. The molecule has 0 aliphatic carbocycles. The third-order valence-electron chi connectivity index (χ3n) is 3.10. The summed E-state index contributed by atoms with van der Waals surface area (Å²) < 4.78 is 5.13. The molecule has 100 valence electrons. The molecule has 2 heteroatoms. The smallest absolute Gasteiger partial charge is 0.0504 e. The van der Waals surface area contributed by atoms with E-state index in [-0.39, 0.29) is 0 Å². The summed E-state index contributed by atoms with van der Waals surface area (Å²) >= 11 is 0. The Kier molecular flexibility index (Phi) is 4.99. The molecule has 2 nitrogen and oxygen atoms in total. The van der Waals surface area contributed by atoms with E-state index in [1.807, 2.05) is 6.07 Å². The molecule has 0 aliphatic rings. The van der Waals surface area contributed by atoms with Gasteiger partial charge in [-0.05, 0) is 29.2 Å². The minimum Gasteiger partial charge on any atom is -0.385 e. The largest absolute Gasteiger partial charge is 0.385 e. The predicted octanol–water partition coefficient (Wildman–Crippen LogP) is 4.05. The van der Waals surface area contributed by atoms with Crippen LogP contribution in [0.4, 0.5) is 5.69 Å². The lowest BCUT2D eigenvalue weighted by atomic mass is 10.1. The van der Waals surface area contributed by atoms with Gasteiger partial charge in [0.15, 0.2) is 0 Å². The lowest BCUT2D eigenvalue weighted by Gasteiger charge is -2.13. The highest BCUT2D eigenvalue weighted by Crippen LogP contribution is 2.21. The predicted molar refractivity (Wildman–Crippen MR) is 81.4 cm³/mol. The maximum Gasteiger partial charge on any atom is 0.0504 e. The number of benzene rings is 2. The third-order valence-corrected chi connectivity index (χ3v) is 3.10. The molecule has 0 bridgehead atoms. The van der Waals surface area contributed by atoms with Gasteiger partial charge in [0.05, 0.1) is 6.61 Å². The zero-order valence-electron chi connectivity index (χ0n) is 11.6. The van der Waals surface area contributed by atoms with Crippen molar-refractivity contribution in [2.75, 3.05) is 25.6 Å². The van der Waals surface area contributed by atoms with Gasteiger partial charge < -0.3 is 10.1 Å². The minimum absolute atomic E-state index is 0.513. The first-order valence-electron chi connectivity index (χ1n) is 6.68. The maximum atomic E-state index is 5.13. The number of anilines is 1. The Morgan fingerprint density at radius 2 is 1.58 bits per heavy atom. The molecule has 2 rings (SSSR count). The first-order chi connectivity index (χ1) is 9.29. The van der Waals surface area contributed by atoms with E-state index in [2.05, 4.69) is 60.8 Å². The fourth-order valence-corrected chi connectivity index (χ4v) is 2.05. The second kappa shape index (κ2) is 6.95. The van der Waals surface area contributed by atoms with Gasteiger partial charge in [0.2, 0.25) is 0 Å². The first kappa shape index (κ1) is 13.6. The van der Waals surface area contributed by atoms with Gasteiger partial charge >= 0.3 is 0 Å². The molecule has 0 fully saturated rings. The summed E-state index contributed by atoms with van der Waals surface area (Å²) in [5.41, 5.74) is 3.65. The van der Waals surface area contributed by atoms with Crippen LogP contribution in [0.15, 0.2) is 54.6 Å². The lowest BCUT2D eigenvalue weighted by molar-refractivity contribution is 0.164. The summed E-state index contributed by atoms with van der Waals surface area (Å²) in [4.78, 5) is 0. The van der Waals surface area contributed by atoms with Gasteiger partial charge in [-0.15, -0.1) is 0 Å². The summed E-state index contributed by atoms with van der Waals surface area (Å²) in [6.45, 7) is 3.89. The lowest BCUT2D eigenvalue weighted by Crippen LogP contribution is -2.15. The molecule has 1 atom stereocenters. The zero-order chi connectivity index (χ0) is 13.5. The van der Waals surface area contributed by atoms with Crippen LogP contribution in [0.2, 0.25) is 0 Å². The molecule has 0 aromatic heterocycles. The van der Waals surface area contributed by atoms with Crippen LogP contribution in [-0.2, 0) is 4.74 Å². The molecule has 0 saturated carbocycles. The minimum atomic E-state index is 0.513. The van der Waals surface area contributed by atoms with Gasteiger partial charge in [0.1, 0.15) is 0 Å². The second-order valence-electron chi connectivity index (χ2n) is 4.88. The first-order valence-corrected chi connectivity index (χ1v) is 6.68. The monoisotopic (exact) mass is 255 g/mol. The quantitative estimate of drug-likeness (QED) is 0.841. The third kappa shape index (κ3) is 4.11. The molecule has 1 N–H and O–H groups in total. The van der Waals surface area contributed by atoms with Crippen molar-refractivity contribution in [3.05, 3.63) is 54.6 Å². The SMILES string of the molecule is COCC(C)CNc1ccc(-c2ccccc2)cc1. The molecule has 2 aromatic rings. The molecule has 0 amide bonds. The second-order valence-corrected chi connectivity index (χ2v) is 4.88. The number of methoxy groups -OCH3 is 1. The van der Waals surface area contributed by atoms with E-state index in [9.17, 15) is 0 Å². The fraction of sp³-hybridized carbons (Fsp3) is 0.294. The molecular weight excluding hydrogens is 234 g/mol. The summed E-state index contributed by atoms with van der Waals surface area (Å²) in [7, 11) is 1.74. The molecule has 0 saturated heterocycles. The van der Waals surface area contributed by atoms with Crippen LogP contribution in [0, 0.1) is 5.92 Å². The van der Waals surface area contributed by atoms with E-state index >= 15 is 0 Å². The molecular formula is C17H21NO. The average Bonchev–Trinajstić information content (AvgIpc) is 2.47. The van der Waals surface area contributed by atoms with Gasteiger partial charge in [-0.3, -0.25) is 0 Å². The number of nitrogens with one attached hydrogen (secondary N) is 1. The fourth-order valence-electron chi connectivity index (χ4n) is 2.05. The Morgan fingerprint density at radius 3 is 2.21 bits per heavy atom. The standard InChI is InChI=1S/C17H21NO/c1-14(13-19-2)12-18-17-10-8-16(9-11-17)15-6-4-3-5-7-15/h3-11,14,18H,12-13H2,1-2H3. The Morgan fingerprint density at radius 1 is 0.947 bits per heavy atom. The van der Waals surface area contributed by atoms with E-state index in [4.69, 9.17) is 4.74 Å². The van der Waals surface area contributed by atoms with Crippen molar-refractivity contribution < 1.29 is 4.74 Å². The Bertz CT molecular complexity index is 478. The van der Waals surface area contributed by atoms with E-state index in [0.717, 1.165) is 18.8 Å². The highest BCUT2D eigenvalue weighted by Gasteiger charge is 2.01. The number of ether oxygens (including phenoxy) is 1. The van der Waals surface area contributed by atoms with Crippen molar-refractivity contribution in [3.63, 3.8) is 0 Å². The maximum absolute atomic E-state index is 5.13. The van der Waals surface area contributed by atoms with Crippen molar-refractivity contribution in [1.29, 1.82) is 0 Å². The van der Waals surface area contributed by atoms with Crippen LogP contribution < -0.4 is 5.32 Å². The Labute approximate surface area is 115 Å². The van der Waals surface area contributed by atoms with Gasteiger partial charge in [0, 0.05) is 19.3 Å². The highest BCUT2D eigenvalue weighted by atomic mass is 16.5.